The van der Waals surface area contributed by atoms with Gasteiger partial charge < -0.3 is 33.8 Å². The zero-order valence-corrected chi connectivity index (χ0v) is 55.6. The van der Waals surface area contributed by atoms with Crippen LogP contribution in [0.1, 0.15) is 306 Å². The molecule has 0 amide bonds. The van der Waals surface area contributed by atoms with E-state index in [1.807, 2.05) is 0 Å². The Morgan fingerprint density at radius 1 is 0.337 bits per heavy atom. The first kappa shape index (κ1) is 81.1. The van der Waals surface area contributed by atoms with Crippen LogP contribution in [0.3, 0.4) is 0 Å². The van der Waals surface area contributed by atoms with Crippen LogP contribution in [0.2, 0.25) is 0 Å². The highest BCUT2D eigenvalue weighted by atomic mass is 31.2. The molecule has 3 N–H and O–H groups in total. The number of rotatable bonds is 61. The van der Waals surface area contributed by atoms with Crippen molar-refractivity contribution in [3.05, 3.63) is 0 Å². The van der Waals surface area contributed by atoms with E-state index in [1.165, 1.54) is 96.3 Å². The summed E-state index contributed by atoms with van der Waals surface area (Å²) >= 11 is 0. The molecular formula is C64H124O17P2. The Labute approximate surface area is 505 Å². The van der Waals surface area contributed by atoms with Crippen LogP contribution in [-0.4, -0.2) is 96.7 Å². The predicted octanol–water partition coefficient (Wildman–Crippen LogP) is 17.4. The first-order valence-electron chi connectivity index (χ1n) is 33.2. The van der Waals surface area contributed by atoms with Crippen LogP contribution < -0.4 is 0 Å². The van der Waals surface area contributed by atoms with E-state index >= 15 is 0 Å². The first-order valence-corrected chi connectivity index (χ1v) is 36.2. The lowest BCUT2D eigenvalue weighted by molar-refractivity contribution is -0.161. The van der Waals surface area contributed by atoms with Gasteiger partial charge in [0.15, 0.2) is 12.2 Å². The van der Waals surface area contributed by atoms with Crippen molar-refractivity contribution in [2.45, 2.75) is 324 Å². The van der Waals surface area contributed by atoms with E-state index in [0.717, 1.165) is 109 Å². The molecule has 83 heavy (non-hydrogen) atoms. The molecule has 492 valence electrons. The molecule has 0 aromatic carbocycles. The highest BCUT2D eigenvalue weighted by Gasteiger charge is 2.30. The maximum Gasteiger partial charge on any atom is 0.472 e. The quantitative estimate of drug-likeness (QED) is 0.0222. The number of phosphoric acid groups is 2. The van der Waals surface area contributed by atoms with E-state index in [0.29, 0.717) is 43.4 Å². The second-order valence-electron chi connectivity index (χ2n) is 24.8. The average Bonchev–Trinajstić information content (AvgIpc) is 3.44. The number of unbranched alkanes of at least 4 members (excludes halogenated alkanes) is 26. The fraction of sp³-hybridized carbons (Fsp3) is 0.938. The summed E-state index contributed by atoms with van der Waals surface area (Å²) in [6.07, 6.45) is 33.7. The summed E-state index contributed by atoms with van der Waals surface area (Å²) in [6, 6.07) is 0. The summed E-state index contributed by atoms with van der Waals surface area (Å²) in [4.78, 5) is 72.2. The van der Waals surface area contributed by atoms with E-state index in [-0.39, 0.29) is 25.7 Å². The molecule has 0 aliphatic rings. The molecule has 0 rings (SSSR count). The smallest absolute Gasteiger partial charge is 0.462 e. The molecule has 17 nitrogen and oxygen atoms in total. The Balaban J connectivity index is 5.25. The molecule has 0 aliphatic carbocycles. The predicted molar refractivity (Wildman–Crippen MR) is 331 cm³/mol. The lowest BCUT2D eigenvalue weighted by atomic mass is 9.99. The van der Waals surface area contributed by atoms with Gasteiger partial charge in [0.25, 0.3) is 0 Å². The summed E-state index contributed by atoms with van der Waals surface area (Å²) in [6.45, 7) is 13.9. The molecule has 0 spiro atoms. The number of aliphatic hydroxyl groups excluding tert-OH is 1. The Hall–Kier alpha value is -1.94. The number of carbonyl (C=O) groups excluding carboxylic acids is 4. The Morgan fingerprint density at radius 2 is 0.578 bits per heavy atom. The number of hydrogen-bond donors (Lipinski definition) is 3. The van der Waals surface area contributed by atoms with Crippen LogP contribution in [0.25, 0.3) is 0 Å². The molecule has 0 radical (unpaired) electrons. The van der Waals surface area contributed by atoms with Gasteiger partial charge in [-0.15, -0.1) is 0 Å². The van der Waals surface area contributed by atoms with E-state index in [9.17, 15) is 43.2 Å². The third kappa shape index (κ3) is 57.6. The molecule has 0 saturated carbocycles. The van der Waals surface area contributed by atoms with Crippen molar-refractivity contribution < 1.29 is 80.2 Å². The van der Waals surface area contributed by atoms with Crippen molar-refractivity contribution in [2.75, 3.05) is 39.6 Å². The number of carbonyl (C=O) groups is 4. The first-order chi connectivity index (χ1) is 39.6. The lowest BCUT2D eigenvalue weighted by Crippen LogP contribution is -2.30. The fourth-order valence-electron chi connectivity index (χ4n) is 9.40. The third-order valence-electron chi connectivity index (χ3n) is 14.9. The van der Waals surface area contributed by atoms with Crippen LogP contribution in [0.4, 0.5) is 0 Å². The highest BCUT2D eigenvalue weighted by Crippen LogP contribution is 2.45. The number of ether oxygens (including phenoxy) is 4. The van der Waals surface area contributed by atoms with Gasteiger partial charge in [-0.3, -0.25) is 37.3 Å². The van der Waals surface area contributed by atoms with Crippen LogP contribution in [0, 0.1) is 23.7 Å². The molecule has 0 fully saturated rings. The van der Waals surface area contributed by atoms with Crippen LogP contribution in [0.5, 0.6) is 0 Å². The normalized spacial score (nSPS) is 14.8. The minimum absolute atomic E-state index is 0.102. The van der Waals surface area contributed by atoms with Crippen molar-refractivity contribution in [2.24, 2.45) is 23.7 Å². The van der Waals surface area contributed by atoms with E-state index in [4.69, 9.17) is 37.0 Å². The molecule has 0 aromatic rings. The standard InChI is InChI=1S/C64H124O17P2/c1-9-57(8)43-35-27-18-12-10-11-13-19-30-38-46-63(68)80-59(50-74-61(66)44-36-28-20-14-16-24-32-40-54(2)3)52-78-82(70,71)76-48-58(65)49-77-83(72,73)79-53-60(51-75-62(67)45-37-29-23-22-26-34-42-56(6)7)81-64(69)47-39-31-21-15-17-25-33-41-55(4)5/h54-60,65H,9-53H2,1-8H3,(H,70,71)(H,72,73)/t57?,58-,59-,60-/m1/s1. The molecule has 0 heterocycles. The van der Waals surface area contributed by atoms with E-state index in [2.05, 4.69) is 55.4 Å². The van der Waals surface area contributed by atoms with Crippen molar-refractivity contribution in [3.8, 4) is 0 Å². The van der Waals surface area contributed by atoms with Gasteiger partial charge in [-0.1, -0.05) is 254 Å². The van der Waals surface area contributed by atoms with Crippen molar-refractivity contribution in [1.29, 1.82) is 0 Å². The summed E-state index contributed by atoms with van der Waals surface area (Å²) < 4.78 is 67.9. The van der Waals surface area contributed by atoms with E-state index < -0.39 is 97.5 Å². The Bertz CT molecular complexity index is 1660. The SMILES string of the molecule is CCC(C)CCCCCCCCCCCCC(=O)O[C@H](COC(=O)CCCCCCCCCC(C)C)COP(=O)(O)OC[C@@H](O)COP(=O)(O)OC[C@@H](COC(=O)CCCCCCCCC(C)C)OC(=O)CCCCCCCCCC(C)C. The van der Waals surface area contributed by atoms with Crippen LogP contribution in [0.15, 0.2) is 0 Å². The summed E-state index contributed by atoms with van der Waals surface area (Å²) in [5, 5.41) is 10.5. The van der Waals surface area contributed by atoms with Gasteiger partial charge in [0, 0.05) is 25.7 Å². The minimum Gasteiger partial charge on any atom is -0.462 e. The molecule has 0 aromatic heterocycles. The average molecular weight is 1230 g/mol. The molecule has 19 heteroatoms. The summed E-state index contributed by atoms with van der Waals surface area (Å²) in [5.41, 5.74) is 0. The maximum absolute atomic E-state index is 13.0. The monoisotopic (exact) mass is 1230 g/mol. The number of hydrogen-bond acceptors (Lipinski definition) is 15. The van der Waals surface area contributed by atoms with Crippen molar-refractivity contribution in [1.82, 2.24) is 0 Å². The molecule has 0 bridgehead atoms. The topological polar surface area (TPSA) is 237 Å². The largest absolute Gasteiger partial charge is 0.472 e. The zero-order valence-electron chi connectivity index (χ0n) is 53.8. The summed E-state index contributed by atoms with van der Waals surface area (Å²) in [5.74, 6) is 0.741. The van der Waals surface area contributed by atoms with Gasteiger partial charge >= 0.3 is 39.5 Å². The molecular weight excluding hydrogens is 1100 g/mol. The molecule has 3 unspecified atom stereocenters. The van der Waals surface area contributed by atoms with Gasteiger partial charge in [0.05, 0.1) is 26.4 Å². The Kier molecular flexibility index (Phi) is 53.0. The number of esters is 4. The lowest BCUT2D eigenvalue weighted by Gasteiger charge is -2.21. The van der Waals surface area contributed by atoms with E-state index in [1.54, 1.807) is 0 Å². The third-order valence-corrected chi connectivity index (χ3v) is 16.8. The molecule has 0 saturated heterocycles. The second-order valence-corrected chi connectivity index (χ2v) is 27.7. The zero-order chi connectivity index (χ0) is 61.8. The van der Waals surface area contributed by atoms with Crippen molar-refractivity contribution >= 4 is 39.5 Å². The van der Waals surface area contributed by atoms with Gasteiger partial charge in [0.1, 0.15) is 19.3 Å². The van der Waals surface area contributed by atoms with Gasteiger partial charge in [-0.05, 0) is 49.4 Å². The van der Waals surface area contributed by atoms with Crippen molar-refractivity contribution in [3.63, 3.8) is 0 Å². The fourth-order valence-corrected chi connectivity index (χ4v) is 11.0. The van der Waals surface area contributed by atoms with Gasteiger partial charge in [-0.25, -0.2) is 9.13 Å². The van der Waals surface area contributed by atoms with Gasteiger partial charge in [0.2, 0.25) is 0 Å². The summed E-state index contributed by atoms with van der Waals surface area (Å²) in [7, 11) is -9.89. The maximum atomic E-state index is 13.0. The number of aliphatic hydroxyl groups is 1. The highest BCUT2D eigenvalue weighted by molar-refractivity contribution is 7.47. The molecule has 0 aliphatic heterocycles. The van der Waals surface area contributed by atoms with Gasteiger partial charge in [-0.2, -0.15) is 0 Å². The second kappa shape index (κ2) is 54.2. The minimum atomic E-state index is -4.95. The van der Waals surface area contributed by atoms with Crippen LogP contribution >= 0.6 is 15.6 Å². The Morgan fingerprint density at radius 3 is 0.855 bits per heavy atom. The van der Waals surface area contributed by atoms with Crippen LogP contribution in [-0.2, 0) is 65.4 Å². The number of phosphoric ester groups is 2. The molecule has 6 atom stereocenters.